The number of methoxy groups -OCH3 is 1. The van der Waals surface area contributed by atoms with Crippen molar-refractivity contribution >= 4 is 24.2 Å². The molecule has 1 aromatic carbocycles. The number of hydrogen-bond acceptors (Lipinski definition) is 4. The van der Waals surface area contributed by atoms with Crippen LogP contribution in [0.15, 0.2) is 18.2 Å². The van der Waals surface area contributed by atoms with Crippen LogP contribution in [-0.2, 0) is 14.0 Å². The van der Waals surface area contributed by atoms with E-state index in [9.17, 15) is 0 Å². The van der Waals surface area contributed by atoms with Gasteiger partial charge in [-0.25, -0.2) is 0 Å². The van der Waals surface area contributed by atoms with Gasteiger partial charge in [-0.15, -0.1) is 0 Å². The van der Waals surface area contributed by atoms with Crippen LogP contribution in [-0.4, -0.2) is 32.2 Å². The van der Waals surface area contributed by atoms with Gasteiger partial charge in [-0.3, -0.25) is 0 Å². The molecule has 0 aliphatic carbocycles. The van der Waals surface area contributed by atoms with Crippen molar-refractivity contribution < 1.29 is 18.8 Å². The summed E-state index contributed by atoms with van der Waals surface area (Å²) in [4.78, 5) is 0. The maximum atomic E-state index is 6.17. The summed E-state index contributed by atoms with van der Waals surface area (Å²) in [7, 11) is 1.10. The Morgan fingerprint density at radius 2 is 1.95 bits per heavy atom. The van der Waals surface area contributed by atoms with E-state index in [1.807, 2.05) is 19.9 Å². The van der Waals surface area contributed by atoms with Crippen LogP contribution in [0.25, 0.3) is 0 Å². The summed E-state index contributed by atoms with van der Waals surface area (Å²) >= 11 is 6.04. The Bertz CT molecular complexity index is 508. The third kappa shape index (κ3) is 3.21. The van der Waals surface area contributed by atoms with Crippen LogP contribution in [0.1, 0.15) is 34.1 Å². The maximum absolute atomic E-state index is 6.17. The minimum Gasteiger partial charge on any atom is -0.468 e. The highest BCUT2D eigenvalue weighted by Gasteiger charge is 2.54. The van der Waals surface area contributed by atoms with E-state index in [4.69, 9.17) is 30.4 Å². The highest BCUT2D eigenvalue weighted by molar-refractivity contribution is 6.63. The molecule has 1 heterocycles. The first-order valence-corrected chi connectivity index (χ1v) is 7.47. The molecule has 0 aromatic heterocycles. The van der Waals surface area contributed by atoms with E-state index in [-0.39, 0.29) is 18.0 Å². The highest BCUT2D eigenvalue weighted by Crippen LogP contribution is 2.40. The number of ether oxygens (including phenoxy) is 2. The average Bonchev–Trinajstić information content (AvgIpc) is 2.67. The van der Waals surface area contributed by atoms with Gasteiger partial charge in [0, 0.05) is 17.6 Å². The van der Waals surface area contributed by atoms with Gasteiger partial charge in [0.15, 0.2) is 6.79 Å². The lowest BCUT2D eigenvalue weighted by atomic mass is 9.78. The zero-order valence-electron chi connectivity index (χ0n) is 13.2. The van der Waals surface area contributed by atoms with Gasteiger partial charge in [-0.2, -0.15) is 0 Å². The Labute approximate surface area is 131 Å². The molecule has 0 amide bonds. The lowest BCUT2D eigenvalue weighted by Crippen LogP contribution is -2.44. The van der Waals surface area contributed by atoms with E-state index in [1.165, 1.54) is 0 Å². The third-order valence-corrected chi connectivity index (χ3v) is 4.51. The van der Waals surface area contributed by atoms with Gasteiger partial charge in [-0.05, 0) is 39.3 Å². The molecule has 21 heavy (non-hydrogen) atoms. The van der Waals surface area contributed by atoms with E-state index >= 15 is 0 Å². The van der Waals surface area contributed by atoms with E-state index in [2.05, 4.69) is 13.8 Å². The molecule has 1 saturated heterocycles. The van der Waals surface area contributed by atoms with Gasteiger partial charge in [0.25, 0.3) is 0 Å². The molecule has 4 nitrogen and oxygen atoms in total. The molecule has 1 fully saturated rings. The van der Waals surface area contributed by atoms with Gasteiger partial charge in [0.2, 0.25) is 0 Å². The second kappa shape index (κ2) is 6.17. The first-order valence-electron chi connectivity index (χ1n) is 7.10. The van der Waals surface area contributed by atoms with E-state index in [0.717, 1.165) is 11.9 Å². The molecule has 0 spiro atoms. The molecule has 0 radical (unpaired) electrons. The lowest BCUT2D eigenvalue weighted by molar-refractivity contribution is -0.0118. The normalized spacial score (nSPS) is 24.4. The smallest absolute Gasteiger partial charge is 0.468 e. The molecule has 0 N–H and O–H groups in total. The molecule has 1 aliphatic heterocycles. The van der Waals surface area contributed by atoms with Crippen LogP contribution in [0.2, 0.25) is 5.02 Å². The molecule has 2 rings (SSSR count). The summed E-state index contributed by atoms with van der Waals surface area (Å²) in [6.45, 7) is 8.40. The maximum Gasteiger partial charge on any atom is 0.498 e. The van der Waals surface area contributed by atoms with E-state index in [1.54, 1.807) is 19.2 Å². The topological polar surface area (TPSA) is 36.9 Å². The number of halogens is 1. The van der Waals surface area contributed by atoms with Crippen molar-refractivity contribution in [1.82, 2.24) is 0 Å². The molecule has 116 valence electrons. The lowest BCUT2D eigenvalue weighted by Gasteiger charge is -2.35. The van der Waals surface area contributed by atoms with Crippen molar-refractivity contribution in [2.45, 2.75) is 45.3 Å². The Kier molecular flexibility index (Phi) is 4.88. The Morgan fingerprint density at radius 1 is 1.24 bits per heavy atom. The Morgan fingerprint density at radius 3 is 2.52 bits per heavy atom. The zero-order valence-corrected chi connectivity index (χ0v) is 14.0. The summed E-state index contributed by atoms with van der Waals surface area (Å²) in [6, 6.07) is 5.42. The van der Waals surface area contributed by atoms with Crippen LogP contribution in [0.4, 0.5) is 0 Å². The van der Waals surface area contributed by atoms with Gasteiger partial charge in [0.1, 0.15) is 5.75 Å². The van der Waals surface area contributed by atoms with Gasteiger partial charge >= 0.3 is 7.12 Å². The summed E-state index contributed by atoms with van der Waals surface area (Å²) in [5, 5.41) is 0.598. The van der Waals surface area contributed by atoms with Crippen molar-refractivity contribution in [2.75, 3.05) is 13.9 Å². The third-order valence-electron chi connectivity index (χ3n) is 4.28. The molecular formula is C15H22BClO4. The van der Waals surface area contributed by atoms with Crippen LogP contribution in [0.3, 0.4) is 0 Å². The molecule has 1 aromatic rings. The minimum absolute atomic E-state index is 0.147. The first kappa shape index (κ1) is 16.6. The zero-order chi connectivity index (χ0) is 15.7. The number of hydrogen-bond donors (Lipinski definition) is 0. The average molecular weight is 313 g/mol. The van der Waals surface area contributed by atoms with Crippen LogP contribution in [0.5, 0.6) is 5.75 Å². The molecule has 0 saturated carbocycles. The summed E-state index contributed by atoms with van der Waals surface area (Å²) in [5.74, 6) is 0.616. The summed E-state index contributed by atoms with van der Waals surface area (Å²) < 4.78 is 22.8. The SMILES string of the molecule is CCC1(C)OB(c2ccc(Cl)cc2OCOC)OC1(C)C. The van der Waals surface area contributed by atoms with Crippen LogP contribution < -0.4 is 10.2 Å². The molecule has 1 unspecified atom stereocenters. The number of benzene rings is 1. The van der Waals surface area contributed by atoms with Crippen molar-refractivity contribution in [3.63, 3.8) is 0 Å². The summed E-state index contributed by atoms with van der Waals surface area (Å²) in [6.07, 6.45) is 0.859. The van der Waals surface area contributed by atoms with Crippen molar-refractivity contribution in [3.8, 4) is 5.75 Å². The first-order chi connectivity index (χ1) is 9.83. The van der Waals surface area contributed by atoms with Gasteiger partial charge < -0.3 is 18.8 Å². The molecule has 1 aliphatic rings. The molecular weight excluding hydrogens is 290 g/mol. The van der Waals surface area contributed by atoms with Crippen molar-refractivity contribution in [2.24, 2.45) is 0 Å². The van der Waals surface area contributed by atoms with Crippen molar-refractivity contribution in [1.29, 1.82) is 0 Å². The van der Waals surface area contributed by atoms with Crippen molar-refractivity contribution in [3.05, 3.63) is 23.2 Å². The predicted octanol–water partition coefficient (Wildman–Crippen LogP) is 3.01. The van der Waals surface area contributed by atoms with E-state index < -0.39 is 7.12 Å². The second-order valence-corrected chi connectivity index (χ2v) is 6.33. The fourth-order valence-electron chi connectivity index (χ4n) is 2.38. The number of rotatable bonds is 5. The molecule has 1 atom stereocenters. The van der Waals surface area contributed by atoms with Gasteiger partial charge in [-0.1, -0.05) is 24.6 Å². The molecule has 0 bridgehead atoms. The monoisotopic (exact) mass is 312 g/mol. The fourth-order valence-corrected chi connectivity index (χ4v) is 2.54. The van der Waals surface area contributed by atoms with E-state index in [0.29, 0.717) is 10.8 Å². The minimum atomic E-state index is -0.478. The predicted molar refractivity (Wildman–Crippen MR) is 84.3 cm³/mol. The molecule has 6 heteroatoms. The second-order valence-electron chi connectivity index (χ2n) is 5.90. The van der Waals surface area contributed by atoms with Crippen LogP contribution in [0, 0.1) is 0 Å². The highest BCUT2D eigenvalue weighted by atomic mass is 35.5. The fraction of sp³-hybridized carbons (Fsp3) is 0.600. The Hall–Kier alpha value is -0.745. The largest absolute Gasteiger partial charge is 0.498 e. The standard InChI is InChI=1S/C15H22BClO4/c1-6-15(4)14(2,3)20-16(21-15)12-8-7-11(17)9-13(12)19-10-18-5/h7-9H,6,10H2,1-5H3. The Balaban J connectivity index is 2.31. The van der Waals surface area contributed by atoms with Gasteiger partial charge in [0.05, 0.1) is 11.2 Å². The summed E-state index contributed by atoms with van der Waals surface area (Å²) in [5.41, 5.74) is 0.0853. The quantitative estimate of drug-likeness (QED) is 0.618. The van der Waals surface area contributed by atoms with Crippen LogP contribution >= 0.6 is 11.6 Å².